The van der Waals surface area contributed by atoms with E-state index in [1.807, 2.05) is 23.2 Å². The van der Waals surface area contributed by atoms with Crippen molar-refractivity contribution < 1.29 is 45.4 Å². The molecule has 0 aliphatic carbocycles. The third kappa shape index (κ3) is 7.81. The maximum Gasteiger partial charge on any atom is 0.431 e. The summed E-state index contributed by atoms with van der Waals surface area (Å²) in [5, 5.41) is 8.92. The van der Waals surface area contributed by atoms with Gasteiger partial charge in [0.15, 0.2) is 0 Å². The molecule has 6 heterocycles. The van der Waals surface area contributed by atoms with Crippen molar-refractivity contribution in [2.24, 2.45) is 0 Å². The van der Waals surface area contributed by atoms with Crippen LogP contribution in [-0.4, -0.2) is 52.9 Å². The van der Waals surface area contributed by atoms with Gasteiger partial charge in [0, 0.05) is 66.8 Å². The summed E-state index contributed by atoms with van der Waals surface area (Å²) in [4.78, 5) is 58.8. The van der Waals surface area contributed by atoms with E-state index >= 15 is 0 Å². The largest absolute Gasteiger partial charge is 0.457 e. The molecule has 6 aromatic rings. The minimum Gasteiger partial charge on any atom is -0.457 e. The van der Waals surface area contributed by atoms with Gasteiger partial charge in [-0.25, -0.2) is 0 Å². The molecule has 10 rings (SSSR count). The second-order valence-electron chi connectivity index (χ2n) is 16.5. The number of para-hydroxylation sites is 2. The lowest BCUT2D eigenvalue weighted by Gasteiger charge is -2.40. The van der Waals surface area contributed by atoms with Crippen LogP contribution in [0.3, 0.4) is 0 Å². The van der Waals surface area contributed by atoms with Gasteiger partial charge in [-0.3, -0.25) is 24.1 Å². The molecule has 18 heteroatoms. The van der Waals surface area contributed by atoms with Crippen LogP contribution in [0, 0.1) is 0 Å². The zero-order chi connectivity index (χ0) is 45.4. The van der Waals surface area contributed by atoms with Crippen molar-refractivity contribution >= 4 is 11.8 Å². The highest BCUT2D eigenvalue weighted by Crippen LogP contribution is 2.46. The van der Waals surface area contributed by atoms with Crippen molar-refractivity contribution in [2.45, 2.75) is 42.8 Å². The first-order valence-corrected chi connectivity index (χ1v) is 20.6. The summed E-state index contributed by atoms with van der Waals surface area (Å²) < 4.78 is 95.4. The van der Waals surface area contributed by atoms with Crippen molar-refractivity contribution in [2.75, 3.05) is 26.2 Å². The number of ether oxygens (including phenoxy) is 2. The average molecular weight is 895 g/mol. The number of likely N-dealkylation sites (tertiary alicyclic amines) is 1. The lowest BCUT2D eigenvalue weighted by molar-refractivity contribution is -0.142. The number of halogens is 6. The van der Waals surface area contributed by atoms with Gasteiger partial charge in [-0.05, 0) is 71.3 Å². The van der Waals surface area contributed by atoms with Gasteiger partial charge in [-0.2, -0.15) is 26.3 Å². The number of nitrogens with one attached hydrogen (secondary N) is 5. The Labute approximate surface area is 364 Å². The first-order valence-electron chi connectivity index (χ1n) is 20.6. The van der Waals surface area contributed by atoms with E-state index < -0.39 is 69.9 Å². The van der Waals surface area contributed by atoms with Gasteiger partial charge in [-0.15, -0.1) is 0 Å². The summed E-state index contributed by atoms with van der Waals surface area (Å²) >= 11 is 0. The molecule has 2 unspecified atom stereocenters. The van der Waals surface area contributed by atoms with Crippen molar-refractivity contribution in [1.82, 2.24) is 30.8 Å². The van der Waals surface area contributed by atoms with Crippen LogP contribution < -0.4 is 36.5 Å². The molecule has 332 valence electrons. The van der Waals surface area contributed by atoms with E-state index in [4.69, 9.17) is 9.47 Å². The van der Waals surface area contributed by atoms with Gasteiger partial charge in [-0.1, -0.05) is 48.5 Å². The Morgan fingerprint density at radius 3 is 1.65 bits per heavy atom. The second kappa shape index (κ2) is 15.8. The van der Waals surface area contributed by atoms with Crippen LogP contribution in [-0.2, 0) is 18.9 Å². The Balaban J connectivity index is 0.890. The van der Waals surface area contributed by atoms with Gasteiger partial charge in [0.2, 0.25) is 0 Å². The predicted octanol–water partition coefficient (Wildman–Crippen LogP) is 7.64. The van der Waals surface area contributed by atoms with E-state index in [1.165, 1.54) is 0 Å². The number of amides is 2. The summed E-state index contributed by atoms with van der Waals surface area (Å²) in [6.07, 6.45) is -9.77. The lowest BCUT2D eigenvalue weighted by Crippen LogP contribution is -2.45. The maximum absolute atomic E-state index is 14.5. The van der Waals surface area contributed by atoms with Gasteiger partial charge in [0.05, 0.1) is 12.1 Å². The summed E-state index contributed by atoms with van der Waals surface area (Å²) in [5.74, 6) is 0.0229. The number of rotatable bonds is 8. The molecule has 2 atom stereocenters. The number of alkyl halides is 6. The molecular weight excluding hydrogens is 859 g/mol. The van der Waals surface area contributed by atoms with E-state index in [1.54, 1.807) is 76.6 Å². The topological polar surface area (TPSA) is 158 Å². The summed E-state index contributed by atoms with van der Waals surface area (Å²) in [7, 11) is 0. The van der Waals surface area contributed by atoms with Gasteiger partial charge in [0.1, 0.15) is 45.5 Å². The highest BCUT2D eigenvalue weighted by molar-refractivity contribution is 5.95. The van der Waals surface area contributed by atoms with E-state index in [0.29, 0.717) is 51.3 Å². The molecule has 0 spiro atoms. The minimum atomic E-state index is -4.95. The van der Waals surface area contributed by atoms with Crippen molar-refractivity contribution in [3.8, 4) is 23.0 Å². The molecule has 2 fully saturated rings. The maximum atomic E-state index is 14.5. The summed E-state index contributed by atoms with van der Waals surface area (Å²) in [6, 6.07) is 25.6. The Morgan fingerprint density at radius 2 is 1.12 bits per heavy atom. The molecule has 0 saturated carbocycles. The molecule has 2 aromatic heterocycles. The fourth-order valence-electron chi connectivity index (χ4n) is 8.82. The van der Waals surface area contributed by atoms with Crippen molar-refractivity contribution in [3.05, 3.63) is 185 Å². The van der Waals surface area contributed by atoms with Crippen molar-refractivity contribution in [1.29, 1.82) is 0 Å². The van der Waals surface area contributed by atoms with Crippen LogP contribution in [0.25, 0.3) is 0 Å². The van der Waals surface area contributed by atoms with E-state index in [-0.39, 0.29) is 37.0 Å². The first kappa shape index (κ1) is 41.8. The summed E-state index contributed by atoms with van der Waals surface area (Å²) in [5.41, 5.74) is -2.27. The van der Waals surface area contributed by atoms with Gasteiger partial charge in [0.25, 0.3) is 22.9 Å². The number of benzene rings is 4. The molecule has 65 heavy (non-hydrogen) atoms. The fourth-order valence-corrected chi connectivity index (χ4v) is 8.82. The van der Waals surface area contributed by atoms with Gasteiger partial charge < -0.3 is 35.4 Å². The van der Waals surface area contributed by atoms with E-state index in [2.05, 4.69) is 16.0 Å². The Bertz CT molecular complexity index is 3030. The quantitative estimate of drug-likeness (QED) is 0.0977. The average Bonchev–Trinajstić information content (AvgIpc) is 3.23. The zero-order valence-electron chi connectivity index (χ0n) is 33.8. The van der Waals surface area contributed by atoms with E-state index in [0.717, 1.165) is 36.3 Å². The molecule has 2 amide bonds. The number of aromatic amines is 2. The SMILES string of the molecule is O=C(NC1c2ccccc2Oc2ccc(C3CN(Cc4cc(C(=O)NC5c6ccccc6Oc6ccc(C7CNC7)cc65)c(=O)[nH]c4C(F)(F)F)C3)cc21)c1ccc(C(F)(F)F)[nH]c1=O. The molecule has 4 aliphatic heterocycles. The lowest BCUT2D eigenvalue weighted by atomic mass is 9.86. The van der Waals surface area contributed by atoms with Crippen LogP contribution in [0.2, 0.25) is 0 Å². The first-order chi connectivity index (χ1) is 31.1. The number of carbonyl (C=O) groups is 2. The number of carbonyl (C=O) groups excluding carboxylic acids is 2. The van der Waals surface area contributed by atoms with Crippen LogP contribution in [0.15, 0.2) is 113 Å². The van der Waals surface area contributed by atoms with Crippen LogP contribution in [0.5, 0.6) is 23.0 Å². The molecule has 0 radical (unpaired) electrons. The standard InChI is InChI=1S/C47H36F6N6O6/c48-46(49,50)38-14-11-30(42(60)55-38)43(61)56-39-28-5-1-3-7-34(28)65-37-13-10-24(16-32(37)39)27-21-59(22-27)20-25-17-33(45(63)58-41(25)47(51,52)53)44(62)57-40-29-6-2-4-8-35(29)64-36-12-9-23(15-31(36)40)26-18-54-19-26/h1-17,26-27,39-40,54H,18-22H2,(H,55,60)(H,56,61)(H,57,62)(H,58,63). The van der Waals surface area contributed by atoms with Gasteiger partial charge >= 0.3 is 12.4 Å². The molecule has 4 aliphatic rings. The minimum absolute atomic E-state index is 0.208. The fraction of sp³-hybridized carbons (Fsp3) is 0.234. The van der Waals surface area contributed by atoms with Crippen molar-refractivity contribution in [3.63, 3.8) is 0 Å². The van der Waals surface area contributed by atoms with Crippen LogP contribution >= 0.6 is 0 Å². The molecule has 2 saturated heterocycles. The van der Waals surface area contributed by atoms with E-state index in [9.17, 15) is 45.5 Å². The third-order valence-electron chi connectivity index (χ3n) is 12.3. The third-order valence-corrected chi connectivity index (χ3v) is 12.3. The predicted molar refractivity (Wildman–Crippen MR) is 222 cm³/mol. The highest BCUT2D eigenvalue weighted by atomic mass is 19.4. The van der Waals surface area contributed by atoms with Crippen LogP contribution in [0.1, 0.15) is 95.0 Å². The number of nitrogens with zero attached hydrogens (tertiary/aromatic N) is 1. The molecule has 0 bridgehead atoms. The number of pyridine rings is 2. The monoisotopic (exact) mass is 894 g/mol. The second-order valence-corrected chi connectivity index (χ2v) is 16.5. The molecular formula is C47H36F6N6O6. The number of fused-ring (bicyclic) bond motifs is 4. The van der Waals surface area contributed by atoms with Crippen LogP contribution in [0.4, 0.5) is 26.3 Å². The normalized spacial score (nSPS) is 18.1. The number of H-pyrrole nitrogens is 2. The summed E-state index contributed by atoms with van der Waals surface area (Å²) in [6.45, 7) is 1.87. The molecule has 12 nitrogen and oxygen atoms in total. The molecule has 5 N–H and O–H groups in total. The number of hydrogen-bond donors (Lipinski definition) is 5. The highest BCUT2D eigenvalue weighted by Gasteiger charge is 2.40. The molecule has 4 aromatic carbocycles. The Hall–Kier alpha value is -7.18. The smallest absolute Gasteiger partial charge is 0.431 e. The number of aromatic nitrogens is 2. The Morgan fingerprint density at radius 1 is 0.600 bits per heavy atom. The Kier molecular flexibility index (Phi) is 10.2. The zero-order valence-corrected chi connectivity index (χ0v) is 33.8. The number of hydrogen-bond acceptors (Lipinski definition) is 8.